The Morgan fingerprint density at radius 2 is 1.50 bits per heavy atom. The van der Waals surface area contributed by atoms with Gasteiger partial charge in [-0.25, -0.2) is 0 Å². The molecule has 4 aromatic carbocycles. The third-order valence-electron chi connectivity index (χ3n) is 12.4. The summed E-state index contributed by atoms with van der Waals surface area (Å²) < 4.78 is 12.3. The van der Waals surface area contributed by atoms with E-state index in [1.165, 1.54) is 4.90 Å². The molecule has 14 nitrogen and oxygen atoms in total. The summed E-state index contributed by atoms with van der Waals surface area (Å²) in [5.74, 6) is -0.241. The van der Waals surface area contributed by atoms with Crippen LogP contribution in [0.5, 0.6) is 11.5 Å². The quantitative estimate of drug-likeness (QED) is 0.0812. The van der Waals surface area contributed by atoms with Crippen LogP contribution in [0.1, 0.15) is 81.9 Å². The van der Waals surface area contributed by atoms with E-state index in [9.17, 15) is 29.5 Å². The number of nitrogens with one attached hydrogen (secondary N) is 4. The van der Waals surface area contributed by atoms with Gasteiger partial charge in [-0.15, -0.1) is 0 Å². The number of ether oxygens (including phenoxy) is 2. The molecule has 3 atom stereocenters. The largest absolute Gasteiger partial charge is 0.492 e. The zero-order chi connectivity index (χ0) is 48.0. The summed E-state index contributed by atoms with van der Waals surface area (Å²) in [7, 11) is 0. The summed E-state index contributed by atoms with van der Waals surface area (Å²) in [6, 6.07) is 28.9. The molecule has 0 radical (unpaired) electrons. The lowest BCUT2D eigenvalue weighted by atomic mass is 9.49. The maximum Gasteiger partial charge on any atom is 0.251 e. The molecule has 1 aliphatic carbocycles. The van der Waals surface area contributed by atoms with Crippen LogP contribution in [0.2, 0.25) is 5.02 Å². The Kier molecular flexibility index (Phi) is 15.1. The molecule has 4 aromatic rings. The van der Waals surface area contributed by atoms with Gasteiger partial charge in [0.25, 0.3) is 5.91 Å². The highest BCUT2D eigenvalue weighted by Gasteiger charge is 2.64. The van der Waals surface area contributed by atoms with E-state index < -0.39 is 52.2 Å². The molecular weight excluding hydrogens is 858 g/mol. The van der Waals surface area contributed by atoms with Crippen molar-refractivity contribution in [1.82, 2.24) is 26.2 Å². The summed E-state index contributed by atoms with van der Waals surface area (Å²) in [6.45, 7) is 14.4. The van der Waals surface area contributed by atoms with Gasteiger partial charge in [0.15, 0.2) is 0 Å². The van der Waals surface area contributed by atoms with Crippen LogP contribution in [0.4, 0.5) is 0 Å². The maximum absolute atomic E-state index is 13.9. The monoisotopic (exact) mass is 915 g/mol. The number of carbonyl (C=O) groups is 4. The number of aliphatic hydroxyl groups excluding tert-OH is 1. The average Bonchev–Trinajstić information content (AvgIpc) is 3.69. The smallest absolute Gasteiger partial charge is 0.251 e. The minimum absolute atomic E-state index is 0.0327. The third kappa shape index (κ3) is 11.3. The van der Waals surface area contributed by atoms with Crippen LogP contribution in [0, 0.1) is 38.9 Å². The zero-order valence-corrected chi connectivity index (χ0v) is 39.2. The molecule has 66 heavy (non-hydrogen) atoms. The maximum atomic E-state index is 13.9. The number of nitriles is 2. The molecule has 346 valence electrons. The van der Waals surface area contributed by atoms with E-state index in [-0.39, 0.29) is 50.7 Å². The molecule has 2 aliphatic rings. The van der Waals surface area contributed by atoms with Crippen LogP contribution in [0.3, 0.4) is 0 Å². The third-order valence-corrected chi connectivity index (χ3v) is 12.7. The SMILES string of the molecule is CC(C)(C)[C@H](NC(=O)CNCCOc1ccc(-c2ccc(C(=O)N[C@H]3C(C)(C)[C@H](Oc4ccc(C#N)c(Cl)c4)C3(C)C)cc2)cc1)C(=O)N1C[C@H](O)C[C@H]1C(=O)NCc1ccc(C#N)cc1. The molecule has 1 saturated heterocycles. The number of rotatable bonds is 16. The van der Waals surface area contributed by atoms with Crippen LogP contribution < -0.4 is 30.7 Å². The fourth-order valence-electron chi connectivity index (χ4n) is 9.15. The Morgan fingerprint density at radius 3 is 2.09 bits per heavy atom. The Morgan fingerprint density at radius 1 is 0.879 bits per heavy atom. The lowest BCUT2D eigenvalue weighted by molar-refractivity contribution is -0.164. The summed E-state index contributed by atoms with van der Waals surface area (Å²) in [5.41, 5.74) is 2.58. The zero-order valence-electron chi connectivity index (χ0n) is 38.4. The van der Waals surface area contributed by atoms with Crippen molar-refractivity contribution in [1.29, 1.82) is 10.5 Å². The lowest BCUT2D eigenvalue weighted by Crippen LogP contribution is -2.74. The Bertz CT molecular complexity index is 2470. The van der Waals surface area contributed by atoms with E-state index in [4.69, 9.17) is 26.3 Å². The molecule has 2 fully saturated rings. The normalized spacial score (nSPS) is 19.8. The molecule has 6 rings (SSSR count). The van der Waals surface area contributed by atoms with Gasteiger partial charge in [0.1, 0.15) is 42.4 Å². The van der Waals surface area contributed by atoms with Crippen molar-refractivity contribution in [3.63, 3.8) is 0 Å². The highest BCUT2D eigenvalue weighted by molar-refractivity contribution is 6.31. The average molecular weight is 917 g/mol. The molecule has 0 aromatic heterocycles. The molecular formula is C51H58ClN7O7. The molecule has 0 bridgehead atoms. The summed E-state index contributed by atoms with van der Waals surface area (Å²) >= 11 is 6.24. The minimum Gasteiger partial charge on any atom is -0.492 e. The number of hydrogen-bond donors (Lipinski definition) is 5. The predicted octanol–water partition coefficient (Wildman–Crippen LogP) is 6.14. The van der Waals surface area contributed by atoms with Gasteiger partial charge in [0.05, 0.1) is 34.9 Å². The fraction of sp³-hybridized carbons (Fsp3) is 0.412. The van der Waals surface area contributed by atoms with E-state index in [2.05, 4.69) is 61.1 Å². The topological polar surface area (TPSA) is 206 Å². The number of nitrogens with zero attached hydrogens (tertiary/aromatic N) is 3. The second-order valence-electron chi connectivity index (χ2n) is 19.2. The summed E-state index contributed by atoms with van der Waals surface area (Å²) in [6.07, 6.45) is -1.03. The van der Waals surface area contributed by atoms with Crippen LogP contribution in [-0.2, 0) is 20.9 Å². The Labute approximate surface area is 391 Å². The van der Waals surface area contributed by atoms with Gasteiger partial charge in [-0.1, -0.05) is 96.5 Å². The van der Waals surface area contributed by atoms with Crippen molar-refractivity contribution in [2.24, 2.45) is 16.2 Å². The van der Waals surface area contributed by atoms with Crippen LogP contribution in [-0.4, -0.2) is 90.2 Å². The second-order valence-corrected chi connectivity index (χ2v) is 19.6. The number of carbonyl (C=O) groups excluding carboxylic acids is 4. The van der Waals surface area contributed by atoms with Gasteiger partial charge in [0, 0.05) is 54.6 Å². The molecule has 1 aliphatic heterocycles. The van der Waals surface area contributed by atoms with Crippen molar-refractivity contribution in [3.8, 4) is 34.8 Å². The van der Waals surface area contributed by atoms with Gasteiger partial charge in [-0.05, 0) is 70.6 Å². The first kappa shape index (κ1) is 49.0. The number of halogens is 1. The summed E-state index contributed by atoms with van der Waals surface area (Å²) in [4.78, 5) is 55.1. The summed E-state index contributed by atoms with van der Waals surface area (Å²) in [5, 5.41) is 41.0. The van der Waals surface area contributed by atoms with Crippen molar-refractivity contribution >= 4 is 35.2 Å². The number of benzene rings is 4. The Hall–Kier alpha value is -6.45. The lowest BCUT2D eigenvalue weighted by Gasteiger charge is -2.63. The first-order chi connectivity index (χ1) is 31.2. The molecule has 0 unspecified atom stereocenters. The van der Waals surface area contributed by atoms with E-state index in [0.29, 0.717) is 39.8 Å². The van der Waals surface area contributed by atoms with Crippen molar-refractivity contribution in [2.75, 3.05) is 26.2 Å². The first-order valence-electron chi connectivity index (χ1n) is 22.0. The number of hydrogen-bond acceptors (Lipinski definition) is 10. The fourth-order valence-corrected chi connectivity index (χ4v) is 9.36. The number of β-amino-alcohol motifs (C(OH)–C–C–N with tert-alkyl or cyclic N) is 1. The van der Waals surface area contributed by atoms with Crippen LogP contribution >= 0.6 is 11.6 Å². The molecule has 5 N–H and O–H groups in total. The second kappa shape index (κ2) is 20.4. The van der Waals surface area contributed by atoms with Crippen molar-refractivity contribution < 1.29 is 33.8 Å². The van der Waals surface area contributed by atoms with E-state index in [0.717, 1.165) is 16.7 Å². The van der Waals surface area contributed by atoms with Crippen LogP contribution in [0.25, 0.3) is 11.1 Å². The van der Waals surface area contributed by atoms with E-state index >= 15 is 0 Å². The number of amides is 4. The van der Waals surface area contributed by atoms with Crippen molar-refractivity contribution in [2.45, 2.75) is 91.8 Å². The molecule has 1 saturated carbocycles. The van der Waals surface area contributed by atoms with Gasteiger partial charge >= 0.3 is 0 Å². The molecule has 0 spiro atoms. The van der Waals surface area contributed by atoms with E-state index in [1.54, 1.807) is 54.6 Å². The first-order valence-corrected chi connectivity index (χ1v) is 22.4. The van der Waals surface area contributed by atoms with Gasteiger partial charge in [-0.2, -0.15) is 10.5 Å². The number of aliphatic hydroxyl groups is 1. The van der Waals surface area contributed by atoms with Crippen molar-refractivity contribution in [3.05, 3.63) is 118 Å². The standard InChI is InChI=1S/C51H58ClN7O7/c1-49(2,3)43(46(64)59-30-37(60)24-41(59)45(63)56-28-32-10-8-31(26-53)9-11-32)57-42(61)29-55-22-23-65-38-19-16-34(17-20-38)33-12-14-35(15-13-33)44(62)58-47-50(4,5)48(51(47,6)7)66-39-21-18-36(27-54)40(52)25-39/h8-21,25,37,41,43,47-48,55,60H,22-24,28-30H2,1-7H3,(H,56,63)(H,57,61)(H,58,62)/t37-,41+,43-,47-,48-/m1/s1. The Balaban J connectivity index is 0.936. The predicted molar refractivity (Wildman–Crippen MR) is 250 cm³/mol. The van der Waals surface area contributed by atoms with Gasteiger partial charge in [-0.3, -0.25) is 19.2 Å². The molecule has 4 amide bonds. The van der Waals surface area contributed by atoms with Gasteiger partial charge < -0.3 is 40.7 Å². The molecule has 15 heteroatoms. The van der Waals surface area contributed by atoms with E-state index in [1.807, 2.05) is 57.2 Å². The van der Waals surface area contributed by atoms with Crippen LogP contribution in [0.15, 0.2) is 91.0 Å². The highest BCUT2D eigenvalue weighted by atomic mass is 35.5. The minimum atomic E-state index is -0.960. The number of likely N-dealkylation sites (tertiary alicyclic amines) is 1. The van der Waals surface area contributed by atoms with Gasteiger partial charge in [0.2, 0.25) is 17.7 Å². The highest BCUT2D eigenvalue weighted by Crippen LogP contribution is 2.55. The molecule has 1 heterocycles.